The van der Waals surface area contributed by atoms with E-state index in [9.17, 15) is 14.3 Å². The van der Waals surface area contributed by atoms with Gasteiger partial charge in [-0.15, -0.1) is 0 Å². The molecule has 1 amide bonds. The summed E-state index contributed by atoms with van der Waals surface area (Å²) in [5, 5.41) is 10.1. The molecule has 0 atom stereocenters. The number of aryl methyl sites for hydroxylation is 1. The van der Waals surface area contributed by atoms with Crippen LogP contribution in [0.3, 0.4) is 0 Å². The maximum atomic E-state index is 13.2. The summed E-state index contributed by atoms with van der Waals surface area (Å²) >= 11 is 1.36. The summed E-state index contributed by atoms with van der Waals surface area (Å²) in [7, 11) is 0. The number of aliphatic hydroxyl groups excluding tert-OH is 1. The Morgan fingerprint density at radius 2 is 1.97 bits per heavy atom. The first kappa shape index (κ1) is 19.7. The number of aromatic nitrogens is 2. The number of nitrogens with zero attached hydrogens (tertiary/aromatic N) is 3. The van der Waals surface area contributed by atoms with Gasteiger partial charge in [0.25, 0.3) is 0 Å². The first-order valence-corrected chi connectivity index (χ1v) is 10.5. The minimum Gasteiger partial charge on any atom is -0.390 e. The molecule has 0 bridgehead atoms. The van der Waals surface area contributed by atoms with Crippen molar-refractivity contribution in [3.8, 4) is 0 Å². The van der Waals surface area contributed by atoms with Gasteiger partial charge in [-0.05, 0) is 42.2 Å². The lowest BCUT2D eigenvalue weighted by molar-refractivity contribution is -0.116. The molecule has 2 aromatic carbocycles. The highest BCUT2D eigenvalue weighted by Crippen LogP contribution is 2.28. The first-order chi connectivity index (χ1) is 14.1. The number of carbonyl (C=O) groups is 1. The summed E-state index contributed by atoms with van der Waals surface area (Å²) in [5.41, 5.74) is 3.67. The lowest BCUT2D eigenvalue weighted by Gasteiger charge is -2.29. The van der Waals surface area contributed by atoms with Crippen LogP contribution in [0.2, 0.25) is 0 Å². The SMILES string of the molecule is O=C(CSc1nc(CO)cn1Cc1ccc(F)cc1)N1CCCc2ccccc21. The van der Waals surface area contributed by atoms with E-state index >= 15 is 0 Å². The highest BCUT2D eigenvalue weighted by Gasteiger charge is 2.22. The summed E-state index contributed by atoms with van der Waals surface area (Å²) in [6.45, 7) is 1.05. The van der Waals surface area contributed by atoms with Crippen molar-refractivity contribution in [1.82, 2.24) is 9.55 Å². The Kier molecular flexibility index (Phi) is 5.97. The first-order valence-electron chi connectivity index (χ1n) is 9.56. The van der Waals surface area contributed by atoms with Crippen LogP contribution in [0.15, 0.2) is 59.9 Å². The van der Waals surface area contributed by atoms with E-state index in [4.69, 9.17) is 0 Å². The van der Waals surface area contributed by atoms with E-state index in [0.717, 1.165) is 30.6 Å². The topological polar surface area (TPSA) is 58.4 Å². The highest BCUT2D eigenvalue weighted by atomic mass is 32.2. The molecule has 150 valence electrons. The van der Waals surface area contributed by atoms with E-state index in [1.54, 1.807) is 18.3 Å². The second kappa shape index (κ2) is 8.80. The molecule has 0 saturated carbocycles. The Morgan fingerprint density at radius 1 is 1.17 bits per heavy atom. The van der Waals surface area contributed by atoms with Crippen LogP contribution in [0.4, 0.5) is 10.1 Å². The monoisotopic (exact) mass is 411 g/mol. The Morgan fingerprint density at radius 3 is 2.76 bits per heavy atom. The van der Waals surface area contributed by atoms with Crippen molar-refractivity contribution in [2.45, 2.75) is 31.1 Å². The van der Waals surface area contributed by atoms with Crippen LogP contribution in [0.1, 0.15) is 23.2 Å². The molecule has 0 aliphatic carbocycles. The Bertz CT molecular complexity index is 1000. The predicted octanol–water partition coefficient (Wildman–Crippen LogP) is 3.63. The van der Waals surface area contributed by atoms with Crippen LogP contribution in [-0.2, 0) is 24.4 Å². The molecular formula is C22H22FN3O2S. The number of benzene rings is 2. The predicted molar refractivity (Wildman–Crippen MR) is 111 cm³/mol. The summed E-state index contributed by atoms with van der Waals surface area (Å²) in [4.78, 5) is 19.2. The third-order valence-electron chi connectivity index (χ3n) is 4.95. The number of rotatable bonds is 6. The van der Waals surface area contributed by atoms with Crippen LogP contribution in [0.5, 0.6) is 0 Å². The molecule has 1 aliphatic rings. The standard InChI is InChI=1S/C22H22FN3O2S/c23-18-9-7-16(8-10-18)12-25-13-19(14-27)24-22(25)29-15-21(28)26-11-3-5-17-4-1-2-6-20(17)26/h1-2,4,6-10,13,27H,3,5,11-12,14-15H2. The van der Waals surface area contributed by atoms with Crippen LogP contribution >= 0.6 is 11.8 Å². The van der Waals surface area contributed by atoms with Crippen LogP contribution in [-0.4, -0.2) is 32.9 Å². The summed E-state index contributed by atoms with van der Waals surface area (Å²) in [6.07, 6.45) is 3.72. The van der Waals surface area contributed by atoms with Gasteiger partial charge >= 0.3 is 0 Å². The summed E-state index contributed by atoms with van der Waals surface area (Å²) in [5.74, 6) is 0.0288. The number of fused-ring (bicyclic) bond motifs is 1. The molecule has 0 unspecified atom stereocenters. The van der Waals surface area contributed by atoms with Gasteiger partial charge in [0.15, 0.2) is 5.16 Å². The van der Waals surface area contributed by atoms with Crippen LogP contribution < -0.4 is 4.90 Å². The fraction of sp³-hybridized carbons (Fsp3) is 0.273. The molecule has 1 aliphatic heterocycles. The molecule has 29 heavy (non-hydrogen) atoms. The quantitative estimate of drug-likeness (QED) is 0.630. The lowest BCUT2D eigenvalue weighted by atomic mass is 10.0. The zero-order valence-electron chi connectivity index (χ0n) is 15.9. The third kappa shape index (κ3) is 4.52. The summed E-state index contributed by atoms with van der Waals surface area (Å²) in [6, 6.07) is 14.3. The molecule has 0 spiro atoms. The molecule has 1 N–H and O–H groups in total. The molecule has 7 heteroatoms. The Balaban J connectivity index is 1.47. The maximum Gasteiger partial charge on any atom is 0.237 e. The van der Waals surface area contributed by atoms with Gasteiger partial charge in [0.2, 0.25) is 5.91 Å². The number of imidazole rings is 1. The van der Waals surface area contributed by atoms with Gasteiger partial charge in [0.1, 0.15) is 5.82 Å². The van der Waals surface area contributed by atoms with Crippen molar-refractivity contribution in [1.29, 1.82) is 0 Å². The number of anilines is 1. The number of hydrogen-bond acceptors (Lipinski definition) is 4. The van der Waals surface area contributed by atoms with Crippen LogP contribution in [0, 0.1) is 5.82 Å². The molecule has 0 fully saturated rings. The minimum absolute atomic E-state index is 0.0454. The molecule has 0 radical (unpaired) electrons. The second-order valence-electron chi connectivity index (χ2n) is 6.99. The Labute approximate surface area is 173 Å². The number of hydrogen-bond donors (Lipinski definition) is 1. The van der Waals surface area contributed by atoms with Gasteiger partial charge in [0.05, 0.1) is 18.1 Å². The smallest absolute Gasteiger partial charge is 0.237 e. The number of thioether (sulfide) groups is 1. The van der Waals surface area contributed by atoms with Crippen molar-refractivity contribution in [3.05, 3.63) is 77.4 Å². The van der Waals surface area contributed by atoms with E-state index in [2.05, 4.69) is 11.1 Å². The van der Waals surface area contributed by atoms with E-state index in [1.807, 2.05) is 27.7 Å². The fourth-order valence-electron chi connectivity index (χ4n) is 3.54. The maximum absolute atomic E-state index is 13.2. The number of aliphatic hydroxyl groups is 1. The van der Waals surface area contributed by atoms with Gasteiger partial charge in [-0.2, -0.15) is 0 Å². The zero-order chi connectivity index (χ0) is 20.2. The number of carbonyl (C=O) groups excluding carboxylic acids is 1. The van der Waals surface area contributed by atoms with Crippen LogP contribution in [0.25, 0.3) is 0 Å². The average molecular weight is 412 g/mol. The van der Waals surface area contributed by atoms with Gasteiger partial charge in [-0.1, -0.05) is 42.1 Å². The van der Waals surface area contributed by atoms with Gasteiger partial charge in [-0.25, -0.2) is 9.37 Å². The average Bonchev–Trinajstić information content (AvgIpc) is 3.15. The Hall–Kier alpha value is -2.64. The molecule has 5 nitrogen and oxygen atoms in total. The van der Waals surface area contributed by atoms with Gasteiger partial charge in [-0.3, -0.25) is 4.79 Å². The second-order valence-corrected chi connectivity index (χ2v) is 7.94. The van der Waals surface area contributed by atoms with Gasteiger partial charge in [0, 0.05) is 25.0 Å². The number of halogens is 1. The van der Waals surface area contributed by atoms with Crippen molar-refractivity contribution in [3.63, 3.8) is 0 Å². The molecule has 0 saturated heterocycles. The zero-order valence-corrected chi connectivity index (χ0v) is 16.7. The molecule has 2 heterocycles. The largest absolute Gasteiger partial charge is 0.390 e. The fourth-order valence-corrected chi connectivity index (χ4v) is 4.41. The normalized spacial score (nSPS) is 13.4. The molecule has 4 rings (SSSR count). The lowest BCUT2D eigenvalue weighted by Crippen LogP contribution is -2.36. The van der Waals surface area contributed by atoms with Crippen molar-refractivity contribution in [2.24, 2.45) is 0 Å². The number of para-hydroxylation sites is 1. The minimum atomic E-state index is -0.280. The molecule has 3 aromatic rings. The van der Waals surface area contributed by atoms with E-state index in [0.29, 0.717) is 17.4 Å². The van der Waals surface area contributed by atoms with E-state index in [1.165, 1.54) is 29.5 Å². The van der Waals surface area contributed by atoms with Crippen molar-refractivity contribution in [2.75, 3.05) is 17.2 Å². The van der Waals surface area contributed by atoms with E-state index < -0.39 is 0 Å². The van der Waals surface area contributed by atoms with E-state index in [-0.39, 0.29) is 24.1 Å². The molecular weight excluding hydrogens is 389 g/mol. The highest BCUT2D eigenvalue weighted by molar-refractivity contribution is 7.99. The van der Waals surface area contributed by atoms with Crippen molar-refractivity contribution < 1.29 is 14.3 Å². The van der Waals surface area contributed by atoms with Gasteiger partial charge < -0.3 is 14.6 Å². The third-order valence-corrected chi connectivity index (χ3v) is 5.93. The summed E-state index contributed by atoms with van der Waals surface area (Å²) < 4.78 is 15.0. The van der Waals surface area contributed by atoms with Crippen molar-refractivity contribution >= 4 is 23.4 Å². The molecule has 1 aromatic heterocycles. The number of amides is 1.